The molecule has 10 heteroatoms. The molecule has 0 atom stereocenters. The molecule has 1 aliphatic rings. The Labute approximate surface area is 193 Å². The van der Waals surface area contributed by atoms with E-state index < -0.39 is 10.0 Å². The van der Waals surface area contributed by atoms with E-state index in [2.05, 4.69) is 15.4 Å². The van der Waals surface area contributed by atoms with Gasteiger partial charge in [-0.2, -0.15) is 0 Å². The van der Waals surface area contributed by atoms with Crippen LogP contribution in [0.3, 0.4) is 0 Å². The number of ether oxygens (including phenoxy) is 2. The van der Waals surface area contributed by atoms with Crippen molar-refractivity contribution in [2.45, 2.75) is 30.6 Å². The maximum Gasteiger partial charge on any atom is 0.251 e. The number of hydrogen-bond acceptors (Lipinski definition) is 6. The van der Waals surface area contributed by atoms with Gasteiger partial charge in [0.05, 0.1) is 14.2 Å². The Morgan fingerprint density at radius 3 is 2.30 bits per heavy atom. The van der Waals surface area contributed by atoms with Crippen LogP contribution in [0.1, 0.15) is 36.0 Å². The van der Waals surface area contributed by atoms with E-state index in [9.17, 15) is 18.0 Å². The lowest BCUT2D eigenvalue weighted by molar-refractivity contribution is -0.119. The summed E-state index contributed by atoms with van der Waals surface area (Å²) in [5, 5.41) is 5.56. The van der Waals surface area contributed by atoms with Gasteiger partial charge in [-0.3, -0.25) is 9.59 Å². The molecule has 0 spiro atoms. The second-order valence-electron chi connectivity index (χ2n) is 7.72. The summed E-state index contributed by atoms with van der Waals surface area (Å²) in [5.41, 5.74) is 1.05. The number of benzene rings is 2. The molecule has 0 aromatic heterocycles. The summed E-state index contributed by atoms with van der Waals surface area (Å²) in [5.74, 6) is 0.306. The maximum absolute atomic E-state index is 12.6. The van der Waals surface area contributed by atoms with Crippen LogP contribution >= 0.6 is 0 Å². The summed E-state index contributed by atoms with van der Waals surface area (Å²) in [4.78, 5) is 24.5. The van der Waals surface area contributed by atoms with Crippen molar-refractivity contribution in [2.75, 3.05) is 32.6 Å². The number of carbonyl (C=O) groups excluding carboxylic acids is 2. The Hall–Kier alpha value is -3.11. The van der Waals surface area contributed by atoms with E-state index in [0.717, 1.165) is 25.7 Å². The molecule has 0 saturated heterocycles. The van der Waals surface area contributed by atoms with Crippen LogP contribution in [0, 0.1) is 5.92 Å². The molecule has 2 amide bonds. The maximum atomic E-state index is 12.6. The van der Waals surface area contributed by atoms with Gasteiger partial charge < -0.3 is 20.1 Å². The Bertz CT molecular complexity index is 1080. The molecule has 2 aromatic carbocycles. The summed E-state index contributed by atoms with van der Waals surface area (Å²) < 4.78 is 37.9. The molecule has 178 valence electrons. The molecule has 1 fully saturated rings. The fourth-order valence-corrected chi connectivity index (χ4v) is 4.89. The molecule has 0 aliphatic heterocycles. The van der Waals surface area contributed by atoms with Crippen LogP contribution in [0.2, 0.25) is 0 Å². The van der Waals surface area contributed by atoms with Gasteiger partial charge in [-0.05, 0) is 49.2 Å². The van der Waals surface area contributed by atoms with E-state index in [4.69, 9.17) is 9.47 Å². The predicted molar refractivity (Wildman–Crippen MR) is 124 cm³/mol. The van der Waals surface area contributed by atoms with E-state index in [0.29, 0.717) is 17.0 Å². The Kier molecular flexibility index (Phi) is 8.29. The number of anilines is 1. The highest BCUT2D eigenvalue weighted by atomic mass is 32.2. The first-order chi connectivity index (χ1) is 15.8. The van der Waals surface area contributed by atoms with Crippen LogP contribution in [0.5, 0.6) is 11.5 Å². The fourth-order valence-electron chi connectivity index (χ4n) is 3.67. The quantitative estimate of drug-likeness (QED) is 0.454. The number of sulfonamides is 1. The first kappa shape index (κ1) is 24.5. The van der Waals surface area contributed by atoms with Crippen molar-refractivity contribution in [2.24, 2.45) is 5.92 Å². The summed E-state index contributed by atoms with van der Waals surface area (Å²) in [6.07, 6.45) is 4.00. The van der Waals surface area contributed by atoms with Crippen LogP contribution in [-0.2, 0) is 14.8 Å². The highest BCUT2D eigenvalue weighted by molar-refractivity contribution is 7.89. The third-order valence-electron chi connectivity index (χ3n) is 5.50. The molecule has 0 bridgehead atoms. The van der Waals surface area contributed by atoms with E-state index in [-0.39, 0.29) is 41.5 Å². The molecule has 0 heterocycles. The highest BCUT2D eigenvalue weighted by Crippen LogP contribution is 2.28. The van der Waals surface area contributed by atoms with E-state index >= 15 is 0 Å². The van der Waals surface area contributed by atoms with Gasteiger partial charge in [-0.1, -0.05) is 12.8 Å². The molecular weight excluding hydrogens is 446 g/mol. The fraction of sp³-hybridized carbons (Fsp3) is 0.391. The van der Waals surface area contributed by atoms with Gasteiger partial charge in [0.15, 0.2) is 0 Å². The van der Waals surface area contributed by atoms with Crippen LogP contribution in [0.15, 0.2) is 47.4 Å². The number of hydrogen-bond donors (Lipinski definition) is 3. The van der Waals surface area contributed by atoms with Crippen molar-refractivity contribution in [3.05, 3.63) is 48.0 Å². The average Bonchev–Trinajstić information content (AvgIpc) is 3.37. The lowest BCUT2D eigenvalue weighted by Crippen LogP contribution is -2.34. The molecule has 1 saturated carbocycles. The molecule has 0 radical (unpaired) electrons. The minimum Gasteiger partial charge on any atom is -0.497 e. The van der Waals surface area contributed by atoms with E-state index in [1.807, 2.05) is 0 Å². The van der Waals surface area contributed by atoms with E-state index in [1.54, 1.807) is 30.3 Å². The van der Waals surface area contributed by atoms with Crippen molar-refractivity contribution >= 4 is 27.5 Å². The number of nitrogens with one attached hydrogen (secondary N) is 3. The number of amides is 2. The number of carbonyl (C=O) groups is 2. The second kappa shape index (κ2) is 11.2. The standard InChI is InChI=1S/C23H29N3O6S/c1-31-19-11-12-20(32-2)21(15-19)33(29,30)25-14-13-24-22(27)17-7-9-18(10-8-17)26-23(28)16-5-3-4-6-16/h7-12,15-16,25H,3-6,13-14H2,1-2H3,(H,24,27)(H,26,28). The molecule has 3 N–H and O–H groups in total. The lowest BCUT2D eigenvalue weighted by atomic mass is 10.1. The predicted octanol–water partition coefficient (Wildman–Crippen LogP) is 2.54. The minimum atomic E-state index is -3.87. The van der Waals surface area contributed by atoms with Crippen molar-refractivity contribution in [1.29, 1.82) is 0 Å². The highest BCUT2D eigenvalue weighted by Gasteiger charge is 2.23. The largest absolute Gasteiger partial charge is 0.497 e. The lowest BCUT2D eigenvalue weighted by Gasteiger charge is -2.13. The molecular formula is C23H29N3O6S. The SMILES string of the molecule is COc1ccc(OC)c(S(=O)(=O)NCCNC(=O)c2ccc(NC(=O)C3CCCC3)cc2)c1. The van der Waals surface area contributed by atoms with Crippen LogP contribution in [-0.4, -0.2) is 47.5 Å². The smallest absolute Gasteiger partial charge is 0.251 e. The van der Waals surface area contributed by atoms with Crippen molar-refractivity contribution in [3.8, 4) is 11.5 Å². The van der Waals surface area contributed by atoms with Gasteiger partial charge in [-0.25, -0.2) is 13.1 Å². The summed E-state index contributed by atoms with van der Waals surface area (Å²) in [7, 11) is -1.05. The zero-order valence-electron chi connectivity index (χ0n) is 18.7. The van der Waals surface area contributed by atoms with Crippen molar-refractivity contribution < 1.29 is 27.5 Å². The van der Waals surface area contributed by atoms with Gasteiger partial charge in [-0.15, -0.1) is 0 Å². The molecule has 2 aromatic rings. The number of rotatable bonds is 10. The van der Waals surface area contributed by atoms with Gasteiger partial charge in [0.2, 0.25) is 15.9 Å². The molecule has 1 aliphatic carbocycles. The first-order valence-corrected chi connectivity index (χ1v) is 12.2. The van der Waals surface area contributed by atoms with Crippen LogP contribution in [0.25, 0.3) is 0 Å². The summed E-state index contributed by atoms with van der Waals surface area (Å²) >= 11 is 0. The second-order valence-corrected chi connectivity index (χ2v) is 9.45. The van der Waals surface area contributed by atoms with Crippen LogP contribution in [0.4, 0.5) is 5.69 Å². The molecule has 3 rings (SSSR count). The summed E-state index contributed by atoms with van der Waals surface area (Å²) in [6.45, 7) is 0.0779. The Morgan fingerprint density at radius 2 is 1.67 bits per heavy atom. The Balaban J connectivity index is 1.49. The van der Waals surface area contributed by atoms with Gasteiger partial charge in [0.25, 0.3) is 5.91 Å². The summed E-state index contributed by atoms with van der Waals surface area (Å²) in [6, 6.07) is 11.1. The zero-order valence-corrected chi connectivity index (χ0v) is 19.5. The number of methoxy groups -OCH3 is 2. The molecule has 0 unspecified atom stereocenters. The first-order valence-electron chi connectivity index (χ1n) is 10.7. The molecule has 9 nitrogen and oxygen atoms in total. The van der Waals surface area contributed by atoms with Crippen molar-refractivity contribution in [1.82, 2.24) is 10.0 Å². The normalized spacial score (nSPS) is 14.0. The zero-order chi connectivity index (χ0) is 23.8. The van der Waals surface area contributed by atoms with E-state index in [1.165, 1.54) is 26.4 Å². The third kappa shape index (κ3) is 6.45. The third-order valence-corrected chi connectivity index (χ3v) is 6.99. The van der Waals surface area contributed by atoms with Crippen molar-refractivity contribution in [3.63, 3.8) is 0 Å². The minimum absolute atomic E-state index is 0.00995. The molecule has 33 heavy (non-hydrogen) atoms. The topological polar surface area (TPSA) is 123 Å². The van der Waals surface area contributed by atoms with Gasteiger partial charge in [0.1, 0.15) is 16.4 Å². The van der Waals surface area contributed by atoms with Gasteiger partial charge >= 0.3 is 0 Å². The van der Waals surface area contributed by atoms with Gasteiger partial charge in [0, 0.05) is 36.3 Å². The average molecular weight is 476 g/mol. The monoisotopic (exact) mass is 475 g/mol. The van der Waals surface area contributed by atoms with Crippen LogP contribution < -0.4 is 24.8 Å². The Morgan fingerprint density at radius 1 is 0.970 bits per heavy atom.